The summed E-state index contributed by atoms with van der Waals surface area (Å²) in [5.74, 6) is 2.00. The number of nitriles is 1. The molecule has 2 aliphatic rings. The lowest BCUT2D eigenvalue weighted by Gasteiger charge is -2.26. The Morgan fingerprint density at radius 2 is 1.96 bits per heavy atom. The molecule has 130 valence electrons. The quantitative estimate of drug-likeness (QED) is 0.871. The Kier molecular flexibility index (Phi) is 4.71. The van der Waals surface area contributed by atoms with Gasteiger partial charge in [0.1, 0.15) is 6.07 Å². The molecule has 1 N–H and O–H groups in total. The Morgan fingerprint density at radius 1 is 1.16 bits per heavy atom. The van der Waals surface area contributed by atoms with Crippen LogP contribution in [0.1, 0.15) is 54.7 Å². The van der Waals surface area contributed by atoms with E-state index in [2.05, 4.69) is 45.5 Å². The van der Waals surface area contributed by atoms with E-state index in [1.165, 1.54) is 37.9 Å². The van der Waals surface area contributed by atoms with Crippen molar-refractivity contribution in [2.24, 2.45) is 0 Å². The van der Waals surface area contributed by atoms with Crippen molar-refractivity contribution in [1.82, 2.24) is 9.88 Å². The second-order valence-corrected chi connectivity index (χ2v) is 7.03. The first-order chi connectivity index (χ1) is 12.3. The molecular formula is C20H24N4O. The van der Waals surface area contributed by atoms with Gasteiger partial charge in [-0.05, 0) is 43.8 Å². The summed E-state index contributed by atoms with van der Waals surface area (Å²) < 4.78 is 5.91. The van der Waals surface area contributed by atoms with Crippen molar-refractivity contribution in [2.75, 3.05) is 31.5 Å². The zero-order valence-electron chi connectivity index (χ0n) is 14.4. The third-order valence-corrected chi connectivity index (χ3v) is 5.25. The maximum Gasteiger partial charge on any atom is 0.232 e. The van der Waals surface area contributed by atoms with Gasteiger partial charge in [-0.1, -0.05) is 36.8 Å². The second kappa shape index (κ2) is 7.28. The Bertz CT molecular complexity index is 743. The van der Waals surface area contributed by atoms with Crippen LogP contribution in [0.2, 0.25) is 0 Å². The smallest absolute Gasteiger partial charge is 0.232 e. The van der Waals surface area contributed by atoms with Gasteiger partial charge in [0, 0.05) is 19.0 Å². The third kappa shape index (κ3) is 3.69. The summed E-state index contributed by atoms with van der Waals surface area (Å²) in [5, 5.41) is 12.6. The number of piperidine rings is 1. The van der Waals surface area contributed by atoms with Crippen LogP contribution >= 0.6 is 0 Å². The molecule has 2 fully saturated rings. The highest BCUT2D eigenvalue weighted by molar-refractivity contribution is 5.46. The summed E-state index contributed by atoms with van der Waals surface area (Å²) in [6.45, 7) is 4.12. The maximum atomic E-state index is 9.34. The van der Waals surface area contributed by atoms with Crippen molar-refractivity contribution in [1.29, 1.82) is 5.26 Å². The zero-order chi connectivity index (χ0) is 17.1. The largest absolute Gasteiger partial charge is 0.424 e. The average Bonchev–Trinajstić information content (AvgIpc) is 3.37. The van der Waals surface area contributed by atoms with Crippen LogP contribution in [0.15, 0.2) is 34.7 Å². The summed E-state index contributed by atoms with van der Waals surface area (Å²) in [7, 11) is 0. The third-order valence-electron chi connectivity index (χ3n) is 5.25. The molecule has 5 heteroatoms. The molecule has 0 unspecified atom stereocenters. The molecule has 1 saturated heterocycles. The highest BCUT2D eigenvalue weighted by Crippen LogP contribution is 2.54. The zero-order valence-corrected chi connectivity index (χ0v) is 14.4. The molecule has 2 atom stereocenters. The number of likely N-dealkylation sites (tertiary alicyclic amines) is 1. The van der Waals surface area contributed by atoms with Crippen LogP contribution < -0.4 is 5.32 Å². The molecule has 25 heavy (non-hydrogen) atoms. The standard InChI is InChI=1S/C20H24N4O/c21-14-18-20(22-9-12-24-10-5-2-6-11-24)25-19(23-18)17-13-16(17)15-7-3-1-4-8-15/h1,3-4,7-8,16-17,22H,2,5-6,9-13H2/t16-,17-/m1/s1. The van der Waals surface area contributed by atoms with Crippen LogP contribution in [-0.2, 0) is 0 Å². The number of rotatable bonds is 6. The van der Waals surface area contributed by atoms with E-state index in [1.807, 2.05) is 6.07 Å². The Morgan fingerprint density at radius 3 is 2.72 bits per heavy atom. The number of nitrogens with zero attached hydrogens (tertiary/aromatic N) is 3. The van der Waals surface area contributed by atoms with Crippen molar-refractivity contribution in [3.63, 3.8) is 0 Å². The fourth-order valence-electron chi connectivity index (χ4n) is 3.74. The monoisotopic (exact) mass is 336 g/mol. The highest BCUT2D eigenvalue weighted by atomic mass is 16.4. The van der Waals surface area contributed by atoms with E-state index in [0.29, 0.717) is 29.3 Å². The minimum absolute atomic E-state index is 0.298. The van der Waals surface area contributed by atoms with Crippen molar-refractivity contribution < 1.29 is 4.42 Å². The topological polar surface area (TPSA) is 65.1 Å². The number of hydrogen-bond donors (Lipinski definition) is 1. The predicted molar refractivity (Wildman–Crippen MR) is 96.5 cm³/mol. The van der Waals surface area contributed by atoms with E-state index >= 15 is 0 Å². The summed E-state index contributed by atoms with van der Waals surface area (Å²) in [6.07, 6.45) is 4.97. The molecule has 1 aliphatic carbocycles. The van der Waals surface area contributed by atoms with E-state index in [1.54, 1.807) is 0 Å². The molecule has 2 aromatic rings. The summed E-state index contributed by atoms with van der Waals surface area (Å²) >= 11 is 0. The molecule has 1 aliphatic heterocycles. The lowest BCUT2D eigenvalue weighted by atomic mass is 10.1. The van der Waals surface area contributed by atoms with Gasteiger partial charge in [0.25, 0.3) is 0 Å². The molecule has 0 spiro atoms. The number of nitrogens with one attached hydrogen (secondary N) is 1. The van der Waals surface area contributed by atoms with Crippen LogP contribution in [0.25, 0.3) is 0 Å². The molecule has 0 radical (unpaired) electrons. The predicted octanol–water partition coefficient (Wildman–Crippen LogP) is 3.72. The van der Waals surface area contributed by atoms with E-state index in [0.717, 1.165) is 19.5 Å². The van der Waals surface area contributed by atoms with Gasteiger partial charge in [-0.25, -0.2) is 4.98 Å². The molecular weight excluding hydrogens is 312 g/mol. The molecule has 4 rings (SSSR count). The van der Waals surface area contributed by atoms with Crippen LogP contribution in [0.5, 0.6) is 0 Å². The highest BCUT2D eigenvalue weighted by Gasteiger charge is 2.43. The summed E-state index contributed by atoms with van der Waals surface area (Å²) in [6, 6.07) is 12.6. The molecule has 1 aromatic heterocycles. The molecule has 2 heterocycles. The van der Waals surface area contributed by atoms with Gasteiger partial charge in [0.15, 0.2) is 0 Å². The number of aromatic nitrogens is 1. The molecule has 1 saturated carbocycles. The van der Waals surface area contributed by atoms with Crippen LogP contribution in [0.3, 0.4) is 0 Å². The SMILES string of the molecule is N#Cc1nc([C@@H]2C[C@@H]2c2ccccc2)oc1NCCN1CCCCC1. The maximum absolute atomic E-state index is 9.34. The molecule has 0 amide bonds. The van der Waals surface area contributed by atoms with Gasteiger partial charge in [-0.15, -0.1) is 0 Å². The normalized spacial score (nSPS) is 23.2. The van der Waals surface area contributed by atoms with Crippen molar-refractivity contribution in [3.8, 4) is 6.07 Å². The summed E-state index contributed by atoms with van der Waals surface area (Å²) in [5.41, 5.74) is 1.70. The first-order valence-corrected chi connectivity index (χ1v) is 9.27. The van der Waals surface area contributed by atoms with Gasteiger partial charge in [0.05, 0.1) is 0 Å². The number of anilines is 1. The minimum Gasteiger partial charge on any atom is -0.424 e. The van der Waals surface area contributed by atoms with Crippen molar-refractivity contribution in [3.05, 3.63) is 47.5 Å². The van der Waals surface area contributed by atoms with E-state index < -0.39 is 0 Å². The van der Waals surface area contributed by atoms with Gasteiger partial charge in [-0.2, -0.15) is 5.26 Å². The molecule has 1 aromatic carbocycles. The van der Waals surface area contributed by atoms with Gasteiger partial charge in [-0.3, -0.25) is 0 Å². The number of benzene rings is 1. The van der Waals surface area contributed by atoms with Gasteiger partial charge >= 0.3 is 0 Å². The fourth-order valence-corrected chi connectivity index (χ4v) is 3.74. The molecule has 5 nitrogen and oxygen atoms in total. The number of hydrogen-bond acceptors (Lipinski definition) is 5. The lowest BCUT2D eigenvalue weighted by molar-refractivity contribution is 0.236. The van der Waals surface area contributed by atoms with Gasteiger partial charge in [0.2, 0.25) is 17.5 Å². The first-order valence-electron chi connectivity index (χ1n) is 9.27. The first kappa shape index (κ1) is 16.2. The number of oxazole rings is 1. The Balaban J connectivity index is 1.36. The average molecular weight is 336 g/mol. The minimum atomic E-state index is 0.298. The van der Waals surface area contributed by atoms with Crippen LogP contribution in [-0.4, -0.2) is 36.1 Å². The Labute approximate surface area is 148 Å². The van der Waals surface area contributed by atoms with Crippen molar-refractivity contribution >= 4 is 5.88 Å². The van der Waals surface area contributed by atoms with E-state index in [-0.39, 0.29) is 0 Å². The summed E-state index contributed by atoms with van der Waals surface area (Å²) in [4.78, 5) is 6.89. The molecule has 0 bridgehead atoms. The van der Waals surface area contributed by atoms with E-state index in [9.17, 15) is 5.26 Å². The van der Waals surface area contributed by atoms with Crippen LogP contribution in [0.4, 0.5) is 5.88 Å². The second-order valence-electron chi connectivity index (χ2n) is 7.03. The fraction of sp³-hybridized carbons (Fsp3) is 0.500. The van der Waals surface area contributed by atoms with E-state index in [4.69, 9.17) is 4.42 Å². The lowest BCUT2D eigenvalue weighted by Crippen LogP contribution is -2.33. The van der Waals surface area contributed by atoms with Crippen LogP contribution in [0, 0.1) is 11.3 Å². The Hall–Kier alpha value is -2.32. The van der Waals surface area contributed by atoms with Gasteiger partial charge < -0.3 is 14.6 Å². The van der Waals surface area contributed by atoms with Crippen molar-refractivity contribution in [2.45, 2.75) is 37.5 Å².